The zero-order valence-corrected chi connectivity index (χ0v) is 21.9. The van der Waals surface area contributed by atoms with E-state index < -0.39 is 0 Å². The normalized spacial score (nSPS) is 14.9. The van der Waals surface area contributed by atoms with Crippen molar-refractivity contribution in [2.75, 3.05) is 26.4 Å². The van der Waals surface area contributed by atoms with Crippen molar-refractivity contribution < 1.29 is 19.0 Å². The number of hydrogen-bond donors (Lipinski definition) is 0. The molecule has 1 amide bonds. The highest BCUT2D eigenvalue weighted by Crippen LogP contribution is 2.39. The first-order chi connectivity index (χ1) is 15.3. The Hall–Kier alpha value is -1.74. The van der Waals surface area contributed by atoms with E-state index in [-0.39, 0.29) is 5.91 Å². The van der Waals surface area contributed by atoms with Gasteiger partial charge in [-0.05, 0) is 84.2 Å². The van der Waals surface area contributed by atoms with Gasteiger partial charge >= 0.3 is 0 Å². The fourth-order valence-corrected chi connectivity index (χ4v) is 5.08. The zero-order chi connectivity index (χ0) is 23.3. The van der Waals surface area contributed by atoms with Gasteiger partial charge in [-0.1, -0.05) is 35.6 Å². The molecule has 2 aromatic carbocycles. The largest absolute Gasteiger partial charge is 0.490 e. The minimum absolute atomic E-state index is 0.0773. The van der Waals surface area contributed by atoms with E-state index >= 15 is 0 Å². The molecule has 1 fully saturated rings. The van der Waals surface area contributed by atoms with E-state index in [1.165, 1.54) is 11.8 Å². The van der Waals surface area contributed by atoms with Crippen molar-refractivity contribution in [1.82, 2.24) is 4.90 Å². The summed E-state index contributed by atoms with van der Waals surface area (Å²) < 4.78 is 18.8. The summed E-state index contributed by atoms with van der Waals surface area (Å²) in [6, 6.07) is 9.27. The summed E-state index contributed by atoms with van der Waals surface area (Å²) >= 11 is 16.2. The quantitative estimate of drug-likeness (QED) is 0.200. The summed E-state index contributed by atoms with van der Waals surface area (Å²) in [7, 11) is 0. The second kappa shape index (κ2) is 11.4. The number of halogens is 2. The Morgan fingerprint density at radius 2 is 1.91 bits per heavy atom. The molecule has 32 heavy (non-hydrogen) atoms. The van der Waals surface area contributed by atoms with E-state index in [2.05, 4.69) is 15.9 Å². The Morgan fingerprint density at radius 3 is 2.56 bits per heavy atom. The Balaban J connectivity index is 1.71. The van der Waals surface area contributed by atoms with Crippen LogP contribution < -0.4 is 14.2 Å². The number of nitrogens with zero attached hydrogens (tertiary/aromatic N) is 1. The van der Waals surface area contributed by atoms with E-state index in [4.69, 9.17) is 38.0 Å². The molecular formula is C23H23BrClNO4S2. The smallest absolute Gasteiger partial charge is 0.266 e. The van der Waals surface area contributed by atoms with E-state index in [0.29, 0.717) is 52.1 Å². The lowest BCUT2D eigenvalue weighted by Gasteiger charge is -2.15. The van der Waals surface area contributed by atoms with Crippen LogP contribution in [0.1, 0.15) is 25.0 Å². The molecular weight excluding hydrogens is 534 g/mol. The van der Waals surface area contributed by atoms with Gasteiger partial charge < -0.3 is 14.2 Å². The van der Waals surface area contributed by atoms with Crippen LogP contribution in [0.5, 0.6) is 17.2 Å². The maximum atomic E-state index is 12.5. The molecule has 0 unspecified atom stereocenters. The molecule has 3 rings (SSSR count). The van der Waals surface area contributed by atoms with E-state index in [1.54, 1.807) is 4.90 Å². The lowest BCUT2D eigenvalue weighted by molar-refractivity contribution is -0.121. The van der Waals surface area contributed by atoms with Gasteiger partial charge in [0.15, 0.2) is 11.5 Å². The maximum absolute atomic E-state index is 12.5. The van der Waals surface area contributed by atoms with E-state index in [9.17, 15) is 4.79 Å². The molecule has 1 aliphatic heterocycles. The molecule has 0 N–H and O–H groups in total. The second-order valence-corrected chi connectivity index (χ2v) is 9.73. The summed E-state index contributed by atoms with van der Waals surface area (Å²) in [6.45, 7) is 7.46. The fourth-order valence-electron chi connectivity index (χ4n) is 3.01. The van der Waals surface area contributed by atoms with Gasteiger partial charge in [0, 0.05) is 11.6 Å². The predicted octanol–water partition coefficient (Wildman–Crippen LogP) is 6.49. The molecule has 0 bridgehead atoms. The molecule has 0 spiro atoms. The van der Waals surface area contributed by atoms with Gasteiger partial charge in [-0.2, -0.15) is 0 Å². The first-order valence-corrected chi connectivity index (χ1v) is 12.5. The molecule has 0 saturated carbocycles. The Bertz CT molecular complexity index is 1060. The van der Waals surface area contributed by atoms with Gasteiger partial charge in [-0.3, -0.25) is 9.69 Å². The van der Waals surface area contributed by atoms with Gasteiger partial charge in [-0.15, -0.1) is 0 Å². The van der Waals surface area contributed by atoms with Crippen LogP contribution in [0.25, 0.3) is 6.08 Å². The number of aryl methyl sites for hydroxylation is 1. The Labute approximate surface area is 211 Å². The predicted molar refractivity (Wildman–Crippen MR) is 138 cm³/mol. The van der Waals surface area contributed by atoms with Crippen molar-refractivity contribution in [1.29, 1.82) is 0 Å². The number of likely N-dealkylation sites (N-methyl/N-ethyl adjacent to an activating group) is 1. The molecule has 2 aromatic rings. The average molecular weight is 557 g/mol. The molecule has 1 aliphatic rings. The SMILES string of the molecule is CCOc1cc(C=C2SC(=S)N(CC)C2=O)cc(Br)c1OCCOc1ccc(Cl)c(C)c1. The van der Waals surface area contributed by atoms with E-state index in [0.717, 1.165) is 21.3 Å². The van der Waals surface area contributed by atoms with Crippen molar-refractivity contribution in [3.05, 3.63) is 55.9 Å². The third-order valence-electron chi connectivity index (χ3n) is 4.55. The summed E-state index contributed by atoms with van der Waals surface area (Å²) in [5.41, 5.74) is 1.77. The van der Waals surface area contributed by atoms with E-state index in [1.807, 2.05) is 57.2 Å². The van der Waals surface area contributed by atoms with Crippen molar-refractivity contribution in [2.24, 2.45) is 0 Å². The fraction of sp³-hybridized carbons (Fsp3) is 0.304. The van der Waals surface area contributed by atoms with Crippen molar-refractivity contribution in [2.45, 2.75) is 20.8 Å². The minimum atomic E-state index is -0.0773. The lowest BCUT2D eigenvalue weighted by Crippen LogP contribution is -2.27. The topological polar surface area (TPSA) is 48.0 Å². The monoisotopic (exact) mass is 555 g/mol. The van der Waals surface area contributed by atoms with Gasteiger partial charge in [0.1, 0.15) is 23.3 Å². The highest BCUT2D eigenvalue weighted by molar-refractivity contribution is 9.10. The van der Waals surface area contributed by atoms with Crippen LogP contribution in [0.15, 0.2) is 39.7 Å². The minimum Gasteiger partial charge on any atom is -0.490 e. The van der Waals surface area contributed by atoms with Gasteiger partial charge in [0.2, 0.25) is 0 Å². The number of benzene rings is 2. The Morgan fingerprint density at radius 1 is 1.16 bits per heavy atom. The van der Waals surface area contributed by atoms with Gasteiger partial charge in [0.25, 0.3) is 5.91 Å². The standard InChI is InChI=1S/C23H23BrClNO4S2/c1-4-26-22(27)20(32-23(26)31)13-15-11-17(24)21(19(12-15)28-5-2)30-9-8-29-16-6-7-18(25)14(3)10-16/h6-7,10-13H,4-5,8-9H2,1-3H3. The number of amides is 1. The van der Waals surface area contributed by atoms with Crippen LogP contribution >= 0.6 is 51.5 Å². The summed E-state index contributed by atoms with van der Waals surface area (Å²) in [6.07, 6.45) is 1.82. The van der Waals surface area contributed by atoms with Crippen LogP contribution in [-0.4, -0.2) is 41.5 Å². The van der Waals surface area contributed by atoms with Gasteiger partial charge in [-0.25, -0.2) is 0 Å². The van der Waals surface area contributed by atoms with Crippen LogP contribution in [0, 0.1) is 6.92 Å². The molecule has 9 heteroatoms. The third-order valence-corrected chi connectivity index (χ3v) is 6.94. The van der Waals surface area contributed by atoms with Crippen molar-refractivity contribution in [3.63, 3.8) is 0 Å². The van der Waals surface area contributed by atoms with Crippen molar-refractivity contribution in [3.8, 4) is 17.2 Å². The number of hydrogen-bond acceptors (Lipinski definition) is 6. The number of carbonyl (C=O) groups is 1. The van der Waals surface area contributed by atoms with Crippen LogP contribution in [0.3, 0.4) is 0 Å². The third kappa shape index (κ3) is 5.98. The summed E-state index contributed by atoms with van der Waals surface area (Å²) in [4.78, 5) is 14.7. The molecule has 0 atom stereocenters. The zero-order valence-electron chi connectivity index (χ0n) is 17.9. The Kier molecular flexibility index (Phi) is 8.87. The molecule has 0 aromatic heterocycles. The van der Waals surface area contributed by atoms with Crippen LogP contribution in [-0.2, 0) is 4.79 Å². The molecule has 0 aliphatic carbocycles. The summed E-state index contributed by atoms with van der Waals surface area (Å²) in [5, 5.41) is 0.705. The first kappa shape index (κ1) is 24.9. The molecule has 0 radical (unpaired) electrons. The highest BCUT2D eigenvalue weighted by atomic mass is 79.9. The molecule has 170 valence electrons. The van der Waals surface area contributed by atoms with Crippen LogP contribution in [0.2, 0.25) is 5.02 Å². The number of ether oxygens (including phenoxy) is 3. The molecule has 1 heterocycles. The number of carbonyl (C=O) groups excluding carboxylic acids is 1. The highest BCUT2D eigenvalue weighted by Gasteiger charge is 2.30. The second-order valence-electron chi connectivity index (χ2n) is 6.80. The molecule has 1 saturated heterocycles. The number of thiocarbonyl (C=S) groups is 1. The van der Waals surface area contributed by atoms with Crippen molar-refractivity contribution >= 4 is 67.8 Å². The summed E-state index contributed by atoms with van der Waals surface area (Å²) in [5.74, 6) is 1.83. The number of thioether (sulfide) groups is 1. The first-order valence-electron chi connectivity index (χ1n) is 10.1. The molecule has 5 nitrogen and oxygen atoms in total. The average Bonchev–Trinajstić information content (AvgIpc) is 3.01. The maximum Gasteiger partial charge on any atom is 0.266 e. The number of rotatable bonds is 9. The van der Waals surface area contributed by atoms with Crippen LogP contribution in [0.4, 0.5) is 0 Å². The lowest BCUT2D eigenvalue weighted by atomic mass is 10.2. The van der Waals surface area contributed by atoms with Gasteiger partial charge in [0.05, 0.1) is 16.0 Å².